The van der Waals surface area contributed by atoms with Crippen LogP contribution in [0.2, 0.25) is 5.02 Å². The number of ether oxygens (including phenoxy) is 1. The molecule has 3 rings (SSSR count). The van der Waals surface area contributed by atoms with Crippen LogP contribution in [0.3, 0.4) is 0 Å². The highest BCUT2D eigenvalue weighted by Gasteiger charge is 2.35. The highest BCUT2D eigenvalue weighted by molar-refractivity contribution is 7.09. The molecule has 1 aromatic heterocycles. The van der Waals surface area contributed by atoms with Gasteiger partial charge in [-0.2, -0.15) is 0 Å². The molecule has 0 spiro atoms. The van der Waals surface area contributed by atoms with Crippen molar-refractivity contribution in [1.82, 2.24) is 10.3 Å². The van der Waals surface area contributed by atoms with Gasteiger partial charge in [-0.25, -0.2) is 4.98 Å². The van der Waals surface area contributed by atoms with E-state index in [0.717, 1.165) is 5.01 Å². The molecule has 0 aliphatic carbocycles. The fourth-order valence-electron chi connectivity index (χ4n) is 2.60. The van der Waals surface area contributed by atoms with Crippen molar-refractivity contribution in [2.75, 3.05) is 18.6 Å². The van der Waals surface area contributed by atoms with Gasteiger partial charge in [0.05, 0.1) is 24.6 Å². The number of carbonyl (C=O) groups is 2. The third-order valence-corrected chi connectivity index (χ3v) is 4.92. The lowest BCUT2D eigenvalue weighted by atomic mass is 10.1. The first-order valence-corrected chi connectivity index (χ1v) is 8.64. The van der Waals surface area contributed by atoms with E-state index in [-0.39, 0.29) is 24.2 Å². The number of aromatic nitrogens is 1. The summed E-state index contributed by atoms with van der Waals surface area (Å²) in [6.07, 6.45) is 1.88. The summed E-state index contributed by atoms with van der Waals surface area (Å²) in [6.45, 7) is 0.723. The molecule has 0 unspecified atom stereocenters. The van der Waals surface area contributed by atoms with Crippen LogP contribution in [-0.4, -0.2) is 30.5 Å². The molecular formula is C16H16ClN3O3S. The van der Waals surface area contributed by atoms with Gasteiger partial charge in [0.2, 0.25) is 11.8 Å². The fourth-order valence-corrected chi connectivity index (χ4v) is 3.41. The predicted molar refractivity (Wildman–Crippen MR) is 92.4 cm³/mol. The van der Waals surface area contributed by atoms with E-state index in [0.29, 0.717) is 29.5 Å². The van der Waals surface area contributed by atoms with E-state index in [9.17, 15) is 9.59 Å². The van der Waals surface area contributed by atoms with E-state index < -0.39 is 0 Å². The average molecular weight is 366 g/mol. The van der Waals surface area contributed by atoms with Gasteiger partial charge in [-0.3, -0.25) is 9.59 Å². The van der Waals surface area contributed by atoms with Crippen molar-refractivity contribution < 1.29 is 14.3 Å². The number of thiazole rings is 1. The van der Waals surface area contributed by atoms with Crippen LogP contribution in [0.5, 0.6) is 5.75 Å². The van der Waals surface area contributed by atoms with E-state index in [1.165, 1.54) is 18.4 Å². The summed E-state index contributed by atoms with van der Waals surface area (Å²) >= 11 is 7.59. The lowest BCUT2D eigenvalue weighted by Gasteiger charge is -2.17. The maximum atomic E-state index is 12.3. The minimum atomic E-state index is -0.377. The Morgan fingerprint density at radius 2 is 2.38 bits per heavy atom. The summed E-state index contributed by atoms with van der Waals surface area (Å²) in [6, 6.07) is 5.15. The molecule has 0 saturated carbocycles. The summed E-state index contributed by atoms with van der Waals surface area (Å²) < 4.78 is 5.11. The predicted octanol–water partition coefficient (Wildman–Crippen LogP) is 2.47. The lowest BCUT2D eigenvalue weighted by molar-refractivity contribution is -0.126. The van der Waals surface area contributed by atoms with Crippen LogP contribution in [0.15, 0.2) is 29.8 Å². The standard InChI is InChI=1S/C16H16ClN3O3S/c1-23-13-3-2-11(7-12(13)17)20-9-10(6-15(20)21)16(22)19-8-14-18-4-5-24-14/h2-5,7,10H,6,8-9H2,1H3,(H,19,22)/t10-/m0/s1. The Balaban J connectivity index is 1.64. The molecule has 2 amide bonds. The zero-order chi connectivity index (χ0) is 17.1. The summed E-state index contributed by atoms with van der Waals surface area (Å²) in [5.74, 6) is -0.0607. The number of benzene rings is 1. The first kappa shape index (κ1) is 16.7. The van der Waals surface area contributed by atoms with Crippen LogP contribution in [0, 0.1) is 5.92 Å². The van der Waals surface area contributed by atoms with Gasteiger partial charge < -0.3 is 15.0 Å². The van der Waals surface area contributed by atoms with Crippen LogP contribution >= 0.6 is 22.9 Å². The number of amides is 2. The SMILES string of the molecule is COc1ccc(N2C[C@@H](C(=O)NCc3nccs3)CC2=O)cc1Cl. The Morgan fingerprint density at radius 3 is 3.04 bits per heavy atom. The van der Waals surface area contributed by atoms with Gasteiger partial charge in [0.15, 0.2) is 0 Å². The fraction of sp³-hybridized carbons (Fsp3) is 0.312. The normalized spacial score (nSPS) is 17.2. The van der Waals surface area contributed by atoms with E-state index >= 15 is 0 Å². The molecule has 6 nitrogen and oxygen atoms in total. The van der Waals surface area contributed by atoms with Gasteiger partial charge >= 0.3 is 0 Å². The lowest BCUT2D eigenvalue weighted by Crippen LogP contribution is -2.32. The summed E-state index contributed by atoms with van der Waals surface area (Å²) in [5.41, 5.74) is 0.668. The van der Waals surface area contributed by atoms with Crippen LogP contribution in [0.4, 0.5) is 5.69 Å². The second-order valence-corrected chi connectivity index (χ2v) is 6.75. The molecule has 1 fully saturated rings. The number of methoxy groups -OCH3 is 1. The molecule has 0 bridgehead atoms. The van der Waals surface area contributed by atoms with E-state index in [2.05, 4.69) is 10.3 Å². The molecule has 1 atom stereocenters. The molecule has 8 heteroatoms. The maximum absolute atomic E-state index is 12.3. The summed E-state index contributed by atoms with van der Waals surface area (Å²) in [5, 5.41) is 5.96. The topological polar surface area (TPSA) is 71.5 Å². The number of anilines is 1. The number of hydrogen-bond acceptors (Lipinski definition) is 5. The molecular weight excluding hydrogens is 350 g/mol. The number of halogens is 1. The summed E-state index contributed by atoms with van der Waals surface area (Å²) in [4.78, 5) is 30.2. The van der Waals surface area contributed by atoms with Crippen LogP contribution in [0.25, 0.3) is 0 Å². The number of carbonyl (C=O) groups excluding carboxylic acids is 2. The van der Waals surface area contributed by atoms with E-state index in [4.69, 9.17) is 16.3 Å². The zero-order valence-electron chi connectivity index (χ0n) is 13.0. The van der Waals surface area contributed by atoms with Gasteiger partial charge in [-0.05, 0) is 18.2 Å². The minimum Gasteiger partial charge on any atom is -0.495 e. The molecule has 1 aromatic carbocycles. The number of hydrogen-bond donors (Lipinski definition) is 1. The smallest absolute Gasteiger partial charge is 0.227 e. The summed E-state index contributed by atoms with van der Waals surface area (Å²) in [7, 11) is 1.53. The van der Waals surface area contributed by atoms with Crippen molar-refractivity contribution >= 4 is 40.4 Å². The van der Waals surface area contributed by atoms with Crippen molar-refractivity contribution in [3.05, 3.63) is 39.8 Å². The van der Waals surface area contributed by atoms with Crippen LogP contribution in [-0.2, 0) is 16.1 Å². The van der Waals surface area contributed by atoms with Gasteiger partial charge in [0.25, 0.3) is 0 Å². The van der Waals surface area contributed by atoms with E-state index in [1.807, 2.05) is 5.38 Å². The zero-order valence-corrected chi connectivity index (χ0v) is 14.6. The molecule has 1 saturated heterocycles. The minimum absolute atomic E-state index is 0.0920. The Bertz CT molecular complexity index is 751. The number of rotatable bonds is 5. The first-order valence-electron chi connectivity index (χ1n) is 7.38. The molecule has 1 aliphatic heterocycles. The molecule has 0 radical (unpaired) electrons. The molecule has 2 aromatic rings. The van der Waals surface area contributed by atoms with Gasteiger partial charge in [-0.15, -0.1) is 11.3 Å². The van der Waals surface area contributed by atoms with Crippen LogP contribution in [0.1, 0.15) is 11.4 Å². The quantitative estimate of drug-likeness (QED) is 0.883. The third kappa shape index (κ3) is 3.52. The molecule has 1 aliphatic rings. The van der Waals surface area contributed by atoms with Crippen LogP contribution < -0.4 is 15.0 Å². The Labute approximate surface area is 148 Å². The van der Waals surface area contributed by atoms with Crippen molar-refractivity contribution in [2.45, 2.75) is 13.0 Å². The van der Waals surface area contributed by atoms with Gasteiger partial charge in [-0.1, -0.05) is 11.6 Å². The molecule has 24 heavy (non-hydrogen) atoms. The number of nitrogens with one attached hydrogen (secondary N) is 1. The Morgan fingerprint density at radius 1 is 1.54 bits per heavy atom. The van der Waals surface area contributed by atoms with Crippen molar-refractivity contribution in [2.24, 2.45) is 5.92 Å². The monoisotopic (exact) mass is 365 g/mol. The largest absolute Gasteiger partial charge is 0.495 e. The van der Waals surface area contributed by atoms with Crippen molar-refractivity contribution in [3.8, 4) is 5.75 Å². The van der Waals surface area contributed by atoms with Crippen molar-refractivity contribution in [3.63, 3.8) is 0 Å². The number of nitrogens with zero attached hydrogens (tertiary/aromatic N) is 2. The molecule has 126 valence electrons. The Kier molecular flexibility index (Phi) is 5.01. The highest BCUT2D eigenvalue weighted by atomic mass is 35.5. The molecule has 2 heterocycles. The average Bonchev–Trinajstić information content (AvgIpc) is 3.22. The van der Waals surface area contributed by atoms with Crippen molar-refractivity contribution in [1.29, 1.82) is 0 Å². The first-order chi connectivity index (χ1) is 11.6. The Hall–Kier alpha value is -2.12. The molecule has 1 N–H and O–H groups in total. The maximum Gasteiger partial charge on any atom is 0.227 e. The highest BCUT2D eigenvalue weighted by Crippen LogP contribution is 2.32. The van der Waals surface area contributed by atoms with Gasteiger partial charge in [0.1, 0.15) is 10.8 Å². The second-order valence-electron chi connectivity index (χ2n) is 5.37. The van der Waals surface area contributed by atoms with E-state index in [1.54, 1.807) is 29.3 Å². The third-order valence-electron chi connectivity index (χ3n) is 3.84. The second kappa shape index (κ2) is 7.19. The van der Waals surface area contributed by atoms with Gasteiger partial charge in [0, 0.05) is 30.2 Å².